The first kappa shape index (κ1) is 8.38. The van der Waals surface area contributed by atoms with E-state index in [0.29, 0.717) is 0 Å². The highest BCUT2D eigenvalue weighted by Crippen LogP contribution is 2.25. The fourth-order valence-electron chi connectivity index (χ4n) is 1.47. The number of ether oxygens (including phenoxy) is 1. The van der Waals surface area contributed by atoms with Crippen molar-refractivity contribution in [1.82, 2.24) is 0 Å². The second-order valence-corrected chi connectivity index (χ2v) is 2.97. The van der Waals surface area contributed by atoms with Gasteiger partial charge in [-0.2, -0.15) is 0 Å². The lowest BCUT2D eigenvalue weighted by Gasteiger charge is -2.15. The lowest BCUT2D eigenvalue weighted by molar-refractivity contribution is 0.271. The summed E-state index contributed by atoms with van der Waals surface area (Å²) in [6.45, 7) is 4.32. The van der Waals surface area contributed by atoms with Gasteiger partial charge in [0.05, 0.1) is 12.9 Å². The van der Waals surface area contributed by atoms with E-state index in [4.69, 9.17) is 4.74 Å². The summed E-state index contributed by atoms with van der Waals surface area (Å²) in [4.78, 5) is 0. The first-order valence-corrected chi connectivity index (χ1v) is 4.21. The van der Waals surface area contributed by atoms with Gasteiger partial charge in [-0.25, -0.2) is 0 Å². The zero-order valence-corrected chi connectivity index (χ0v) is 7.61. The number of rotatable bonds is 2. The number of hydrogen-bond acceptors (Lipinski definition) is 1. The smallest absolute Gasteiger partial charge is 0.0987 e. The Morgan fingerprint density at radius 1 is 1.45 bits per heavy atom. The molecule has 1 rings (SSSR count). The molecule has 0 saturated heterocycles. The molecule has 0 aromatic carbocycles. The monoisotopic (exact) mass is 152 g/mol. The van der Waals surface area contributed by atoms with Crippen molar-refractivity contribution in [2.45, 2.75) is 33.1 Å². The highest BCUT2D eigenvalue weighted by Gasteiger charge is 2.08. The molecule has 0 aromatic rings. The maximum absolute atomic E-state index is 5.23. The molecule has 0 saturated carbocycles. The van der Waals surface area contributed by atoms with E-state index < -0.39 is 0 Å². The lowest BCUT2D eigenvalue weighted by Crippen LogP contribution is -1.98. The predicted octanol–water partition coefficient (Wildman–Crippen LogP) is 3.04. The zero-order valence-electron chi connectivity index (χ0n) is 7.61. The standard InChI is InChI=1S/C10H16O/c1-4-9-5-6-10(11-3)8(2)7-9/h7H,4-6H2,1-3H3. The zero-order chi connectivity index (χ0) is 8.27. The van der Waals surface area contributed by atoms with Crippen LogP contribution in [0.1, 0.15) is 33.1 Å². The van der Waals surface area contributed by atoms with Crippen LogP contribution >= 0.6 is 0 Å². The molecule has 0 bridgehead atoms. The first-order chi connectivity index (χ1) is 5.27. The van der Waals surface area contributed by atoms with E-state index in [1.807, 2.05) is 0 Å². The van der Waals surface area contributed by atoms with E-state index in [1.54, 1.807) is 12.7 Å². The number of allylic oxidation sites excluding steroid dienone is 4. The van der Waals surface area contributed by atoms with Gasteiger partial charge in [-0.05, 0) is 25.3 Å². The van der Waals surface area contributed by atoms with Gasteiger partial charge in [-0.15, -0.1) is 0 Å². The molecule has 0 heterocycles. The molecule has 0 unspecified atom stereocenters. The fourth-order valence-corrected chi connectivity index (χ4v) is 1.47. The van der Waals surface area contributed by atoms with Crippen LogP contribution in [0.4, 0.5) is 0 Å². The Labute approximate surface area is 68.8 Å². The Bertz CT molecular complexity index is 199. The van der Waals surface area contributed by atoms with Gasteiger partial charge in [0.1, 0.15) is 0 Å². The Morgan fingerprint density at radius 3 is 2.64 bits per heavy atom. The molecule has 1 aliphatic carbocycles. The second kappa shape index (κ2) is 3.61. The maximum Gasteiger partial charge on any atom is 0.0987 e. The molecule has 0 amide bonds. The summed E-state index contributed by atoms with van der Waals surface area (Å²) in [6, 6.07) is 0. The van der Waals surface area contributed by atoms with Crippen molar-refractivity contribution in [2.24, 2.45) is 0 Å². The largest absolute Gasteiger partial charge is 0.501 e. The Kier molecular flexibility index (Phi) is 2.75. The van der Waals surface area contributed by atoms with E-state index in [2.05, 4.69) is 19.9 Å². The summed E-state index contributed by atoms with van der Waals surface area (Å²) >= 11 is 0. The summed E-state index contributed by atoms with van der Waals surface area (Å²) in [5, 5.41) is 0. The molecule has 62 valence electrons. The van der Waals surface area contributed by atoms with E-state index in [0.717, 1.165) is 12.2 Å². The summed E-state index contributed by atoms with van der Waals surface area (Å²) < 4.78 is 5.23. The third kappa shape index (κ3) is 1.86. The Hall–Kier alpha value is -0.720. The molecule has 0 atom stereocenters. The van der Waals surface area contributed by atoms with Gasteiger partial charge in [-0.1, -0.05) is 18.6 Å². The summed E-state index contributed by atoms with van der Waals surface area (Å²) in [6.07, 6.45) is 5.69. The van der Waals surface area contributed by atoms with E-state index in [9.17, 15) is 0 Å². The van der Waals surface area contributed by atoms with Crippen LogP contribution in [-0.4, -0.2) is 7.11 Å². The highest BCUT2D eigenvalue weighted by atomic mass is 16.5. The van der Waals surface area contributed by atoms with Gasteiger partial charge in [0, 0.05) is 6.42 Å². The van der Waals surface area contributed by atoms with Crippen molar-refractivity contribution in [3.8, 4) is 0 Å². The van der Waals surface area contributed by atoms with Crippen LogP contribution in [0.2, 0.25) is 0 Å². The van der Waals surface area contributed by atoms with Crippen molar-refractivity contribution in [2.75, 3.05) is 7.11 Å². The van der Waals surface area contributed by atoms with Crippen LogP contribution in [0, 0.1) is 0 Å². The van der Waals surface area contributed by atoms with Gasteiger partial charge in [0.25, 0.3) is 0 Å². The summed E-state index contributed by atoms with van der Waals surface area (Å²) in [5.74, 6) is 1.15. The second-order valence-electron chi connectivity index (χ2n) is 2.97. The van der Waals surface area contributed by atoms with Crippen molar-refractivity contribution in [3.63, 3.8) is 0 Å². The topological polar surface area (TPSA) is 9.23 Å². The molecule has 11 heavy (non-hydrogen) atoms. The molecule has 0 radical (unpaired) electrons. The molecule has 0 N–H and O–H groups in total. The van der Waals surface area contributed by atoms with Crippen molar-refractivity contribution in [1.29, 1.82) is 0 Å². The van der Waals surface area contributed by atoms with E-state index in [1.165, 1.54) is 18.4 Å². The lowest BCUT2D eigenvalue weighted by atomic mass is 9.97. The van der Waals surface area contributed by atoms with Crippen LogP contribution in [0.5, 0.6) is 0 Å². The molecule has 1 aliphatic rings. The highest BCUT2D eigenvalue weighted by molar-refractivity contribution is 5.29. The van der Waals surface area contributed by atoms with Crippen molar-refractivity contribution >= 4 is 0 Å². The van der Waals surface area contributed by atoms with Gasteiger partial charge in [0.15, 0.2) is 0 Å². The Morgan fingerprint density at radius 2 is 2.18 bits per heavy atom. The third-order valence-electron chi connectivity index (χ3n) is 2.23. The fraction of sp³-hybridized carbons (Fsp3) is 0.600. The average molecular weight is 152 g/mol. The summed E-state index contributed by atoms with van der Waals surface area (Å²) in [7, 11) is 1.75. The number of methoxy groups -OCH3 is 1. The minimum absolute atomic E-state index is 1.09. The van der Waals surface area contributed by atoms with Crippen LogP contribution in [0.15, 0.2) is 23.0 Å². The minimum atomic E-state index is 1.09. The third-order valence-corrected chi connectivity index (χ3v) is 2.23. The van der Waals surface area contributed by atoms with Crippen molar-refractivity contribution < 1.29 is 4.74 Å². The van der Waals surface area contributed by atoms with Gasteiger partial charge < -0.3 is 4.74 Å². The minimum Gasteiger partial charge on any atom is -0.501 e. The van der Waals surface area contributed by atoms with Gasteiger partial charge >= 0.3 is 0 Å². The summed E-state index contributed by atoms with van der Waals surface area (Å²) in [5.41, 5.74) is 2.85. The molecule has 1 heteroatoms. The SMILES string of the molecule is CCC1=CC(C)=C(OC)CC1. The molecule has 1 nitrogen and oxygen atoms in total. The molecular formula is C10H16O. The maximum atomic E-state index is 5.23. The molecule has 0 spiro atoms. The van der Waals surface area contributed by atoms with E-state index in [-0.39, 0.29) is 0 Å². The molecule has 0 aromatic heterocycles. The normalized spacial score (nSPS) is 18.3. The molecular weight excluding hydrogens is 136 g/mol. The quantitative estimate of drug-likeness (QED) is 0.591. The van der Waals surface area contributed by atoms with Crippen LogP contribution in [-0.2, 0) is 4.74 Å². The first-order valence-electron chi connectivity index (χ1n) is 4.21. The number of hydrogen-bond donors (Lipinski definition) is 0. The van der Waals surface area contributed by atoms with Gasteiger partial charge in [0.2, 0.25) is 0 Å². The molecule has 0 fully saturated rings. The van der Waals surface area contributed by atoms with Crippen LogP contribution in [0.25, 0.3) is 0 Å². The van der Waals surface area contributed by atoms with Crippen molar-refractivity contribution in [3.05, 3.63) is 23.0 Å². The van der Waals surface area contributed by atoms with Gasteiger partial charge in [-0.3, -0.25) is 0 Å². The van der Waals surface area contributed by atoms with E-state index >= 15 is 0 Å². The average Bonchev–Trinajstić information content (AvgIpc) is 2.04. The predicted molar refractivity (Wildman–Crippen MR) is 47.3 cm³/mol. The van der Waals surface area contributed by atoms with Crippen LogP contribution < -0.4 is 0 Å². The Balaban J connectivity index is 2.76. The molecule has 0 aliphatic heterocycles. The van der Waals surface area contributed by atoms with Crippen LogP contribution in [0.3, 0.4) is 0 Å².